The molecule has 1 fully saturated rings. The number of aromatic nitrogens is 2. The van der Waals surface area contributed by atoms with Gasteiger partial charge in [-0.2, -0.15) is 9.97 Å². The molecule has 0 spiro atoms. The van der Waals surface area contributed by atoms with Gasteiger partial charge in [-0.25, -0.2) is 0 Å². The average Bonchev–Trinajstić information content (AvgIpc) is 3.11. The molecule has 2 N–H and O–H groups in total. The zero-order valence-electron chi connectivity index (χ0n) is 18.4. The van der Waals surface area contributed by atoms with Gasteiger partial charge >= 0.3 is 0 Å². The van der Waals surface area contributed by atoms with Gasteiger partial charge in [0.15, 0.2) is 5.11 Å². The van der Waals surface area contributed by atoms with E-state index >= 15 is 0 Å². The first-order valence-corrected chi connectivity index (χ1v) is 11.2. The third-order valence-corrected chi connectivity index (χ3v) is 5.89. The molecule has 3 heterocycles. The Hall–Kier alpha value is -2.41. The molecule has 0 unspecified atom stereocenters. The predicted octanol–water partition coefficient (Wildman–Crippen LogP) is 4.32. The Bertz CT molecular complexity index is 889. The summed E-state index contributed by atoms with van der Waals surface area (Å²) in [6, 6.07) is 10.7. The molecule has 0 aliphatic carbocycles. The van der Waals surface area contributed by atoms with E-state index in [1.165, 1.54) is 24.0 Å². The molecule has 4 rings (SSSR count). The molecule has 30 heavy (non-hydrogen) atoms. The largest absolute Gasteiger partial charge is 0.358 e. The summed E-state index contributed by atoms with van der Waals surface area (Å²) in [5, 5.41) is 7.05. The maximum Gasteiger partial charge on any atom is 0.232 e. The minimum atomic E-state index is -0.121. The highest BCUT2D eigenvalue weighted by atomic mass is 32.1. The number of fused-ring (bicyclic) bond motifs is 1. The Balaban J connectivity index is 1.60. The smallest absolute Gasteiger partial charge is 0.232 e. The highest BCUT2D eigenvalue weighted by molar-refractivity contribution is 7.80. The monoisotopic (exact) mass is 424 g/mol. The van der Waals surface area contributed by atoms with Crippen LogP contribution in [0.3, 0.4) is 0 Å². The first kappa shape index (κ1) is 20.8. The molecule has 6 nitrogen and oxygen atoms in total. The van der Waals surface area contributed by atoms with Gasteiger partial charge in [0, 0.05) is 37.8 Å². The van der Waals surface area contributed by atoms with Gasteiger partial charge in [0.25, 0.3) is 0 Å². The van der Waals surface area contributed by atoms with Crippen molar-refractivity contribution in [1.82, 2.24) is 15.3 Å². The molecule has 0 radical (unpaired) electrons. The van der Waals surface area contributed by atoms with Crippen LogP contribution in [-0.4, -0.2) is 33.7 Å². The van der Waals surface area contributed by atoms with Crippen LogP contribution in [0.2, 0.25) is 0 Å². The molecule has 0 saturated carbocycles. The second-order valence-corrected chi connectivity index (χ2v) is 9.94. The Kier molecular flexibility index (Phi) is 5.82. The Morgan fingerprint density at radius 1 is 1.00 bits per heavy atom. The molecule has 0 amide bonds. The van der Waals surface area contributed by atoms with E-state index in [0.717, 1.165) is 43.7 Å². The van der Waals surface area contributed by atoms with E-state index in [0.29, 0.717) is 11.1 Å². The van der Waals surface area contributed by atoms with Crippen molar-refractivity contribution in [2.24, 2.45) is 5.92 Å². The van der Waals surface area contributed by atoms with Gasteiger partial charge in [-0.15, -0.1) is 0 Å². The first-order valence-electron chi connectivity index (χ1n) is 10.8. The van der Waals surface area contributed by atoms with Crippen LogP contribution in [0.25, 0.3) is 0 Å². The van der Waals surface area contributed by atoms with Crippen molar-refractivity contribution in [1.29, 1.82) is 0 Å². The molecular weight excluding hydrogens is 392 g/mol. The third-order valence-electron chi connectivity index (χ3n) is 5.69. The van der Waals surface area contributed by atoms with Crippen molar-refractivity contribution < 1.29 is 0 Å². The van der Waals surface area contributed by atoms with E-state index in [-0.39, 0.29) is 5.54 Å². The van der Waals surface area contributed by atoms with Gasteiger partial charge in [0.2, 0.25) is 5.95 Å². The van der Waals surface area contributed by atoms with Crippen LogP contribution in [0.15, 0.2) is 30.3 Å². The van der Waals surface area contributed by atoms with Crippen LogP contribution < -0.4 is 20.4 Å². The maximum absolute atomic E-state index is 5.50. The van der Waals surface area contributed by atoms with Gasteiger partial charge in [0.1, 0.15) is 11.6 Å². The Labute approximate surface area is 185 Å². The zero-order chi connectivity index (χ0) is 21.3. The van der Waals surface area contributed by atoms with Crippen molar-refractivity contribution in [2.75, 3.05) is 28.2 Å². The van der Waals surface area contributed by atoms with Crippen LogP contribution in [-0.2, 0) is 13.1 Å². The fourth-order valence-corrected chi connectivity index (χ4v) is 4.41. The van der Waals surface area contributed by atoms with Gasteiger partial charge in [0.05, 0.1) is 0 Å². The zero-order valence-corrected chi connectivity index (χ0v) is 19.2. The lowest BCUT2D eigenvalue weighted by atomic mass is 9.99. The number of thiocarbonyl (C=S) groups is 1. The minimum Gasteiger partial charge on any atom is -0.358 e. The van der Waals surface area contributed by atoms with Crippen molar-refractivity contribution in [2.45, 2.75) is 59.2 Å². The van der Waals surface area contributed by atoms with E-state index in [4.69, 9.17) is 22.2 Å². The summed E-state index contributed by atoms with van der Waals surface area (Å²) < 4.78 is 0. The lowest BCUT2D eigenvalue weighted by Gasteiger charge is -2.32. The number of anilines is 3. The molecule has 1 aromatic heterocycles. The summed E-state index contributed by atoms with van der Waals surface area (Å²) in [5.74, 6) is 3.25. The second-order valence-electron chi connectivity index (χ2n) is 9.53. The van der Waals surface area contributed by atoms with E-state index in [1.54, 1.807) is 0 Å². The second kappa shape index (κ2) is 8.38. The highest BCUT2D eigenvalue weighted by Crippen LogP contribution is 2.31. The van der Waals surface area contributed by atoms with Gasteiger partial charge in [-0.3, -0.25) is 0 Å². The number of piperidine rings is 1. The molecule has 0 atom stereocenters. The van der Waals surface area contributed by atoms with Crippen molar-refractivity contribution in [3.8, 4) is 0 Å². The van der Waals surface area contributed by atoms with Gasteiger partial charge < -0.3 is 20.4 Å². The molecule has 2 aliphatic rings. The van der Waals surface area contributed by atoms with Crippen molar-refractivity contribution in [3.05, 3.63) is 41.5 Å². The normalized spacial score (nSPS) is 17.1. The number of hydrogen-bond acceptors (Lipinski definition) is 5. The molecule has 1 aromatic carbocycles. The van der Waals surface area contributed by atoms with Crippen molar-refractivity contribution >= 4 is 34.9 Å². The van der Waals surface area contributed by atoms with E-state index < -0.39 is 0 Å². The molecule has 2 aromatic rings. The number of hydrogen-bond donors (Lipinski definition) is 2. The van der Waals surface area contributed by atoms with Crippen LogP contribution >= 0.6 is 12.2 Å². The summed E-state index contributed by atoms with van der Waals surface area (Å²) in [6.45, 7) is 12.4. The van der Waals surface area contributed by atoms with Gasteiger partial charge in [-0.05, 0) is 62.9 Å². The lowest BCUT2D eigenvalue weighted by Crippen LogP contribution is -2.43. The Morgan fingerprint density at radius 3 is 2.13 bits per heavy atom. The highest BCUT2D eigenvalue weighted by Gasteiger charge is 2.24. The van der Waals surface area contributed by atoms with E-state index in [1.807, 2.05) is 0 Å². The third kappa shape index (κ3) is 5.01. The number of nitrogens with zero attached hydrogens (tertiary/aromatic N) is 4. The summed E-state index contributed by atoms with van der Waals surface area (Å²) in [5.41, 5.74) is 2.61. The molecule has 1 saturated heterocycles. The lowest BCUT2D eigenvalue weighted by molar-refractivity contribution is 0.436. The topological polar surface area (TPSA) is 56.3 Å². The van der Waals surface area contributed by atoms with E-state index in [9.17, 15) is 0 Å². The maximum atomic E-state index is 5.50. The fourth-order valence-electron chi connectivity index (χ4n) is 4.01. The van der Waals surface area contributed by atoms with Crippen LogP contribution in [0, 0.1) is 5.92 Å². The standard InChI is InChI=1S/C23H32N6S/c1-16-9-11-28(12-10-16)19-13-20(29-14-17-7-5-6-8-18(17)15-29)25-21(24-19)26-22(30)27-23(2,3)4/h5-8,13,16H,9-12,14-15H2,1-4H3,(H2,24,25,26,27,30). The minimum absolute atomic E-state index is 0.121. The number of rotatable bonds is 3. The summed E-state index contributed by atoms with van der Waals surface area (Å²) in [6.07, 6.45) is 2.39. The summed E-state index contributed by atoms with van der Waals surface area (Å²) in [4.78, 5) is 14.3. The quantitative estimate of drug-likeness (QED) is 0.712. The number of nitrogens with one attached hydrogen (secondary N) is 2. The Morgan fingerprint density at radius 2 is 1.57 bits per heavy atom. The van der Waals surface area contributed by atoms with Crippen molar-refractivity contribution in [3.63, 3.8) is 0 Å². The molecular formula is C23H32N6S. The van der Waals surface area contributed by atoms with Crippen LogP contribution in [0.4, 0.5) is 17.6 Å². The van der Waals surface area contributed by atoms with Crippen LogP contribution in [0.5, 0.6) is 0 Å². The first-order chi connectivity index (χ1) is 14.3. The molecule has 0 bridgehead atoms. The van der Waals surface area contributed by atoms with E-state index in [2.05, 4.69) is 78.5 Å². The number of benzene rings is 1. The predicted molar refractivity (Wildman–Crippen MR) is 128 cm³/mol. The van der Waals surface area contributed by atoms with Crippen LogP contribution in [0.1, 0.15) is 51.7 Å². The molecule has 2 aliphatic heterocycles. The SMILES string of the molecule is CC1CCN(c2cc(N3Cc4ccccc4C3)nc(NC(=S)NC(C)(C)C)n2)CC1. The molecule has 160 valence electrons. The van der Waals surface area contributed by atoms with Gasteiger partial charge in [-0.1, -0.05) is 31.2 Å². The average molecular weight is 425 g/mol. The summed E-state index contributed by atoms with van der Waals surface area (Å²) >= 11 is 5.50. The molecule has 7 heteroatoms. The summed E-state index contributed by atoms with van der Waals surface area (Å²) in [7, 11) is 0. The fraction of sp³-hybridized carbons (Fsp3) is 0.522.